The number of hydrogen-bond acceptors (Lipinski definition) is 6. The van der Waals surface area contributed by atoms with Gasteiger partial charge in [-0.2, -0.15) is 0 Å². The Bertz CT molecular complexity index is 1330. The highest BCUT2D eigenvalue weighted by Gasteiger charge is 2.47. The molecular weight excluding hydrogens is 470 g/mol. The maximum atomic E-state index is 13.3. The number of rotatable bonds is 6. The summed E-state index contributed by atoms with van der Waals surface area (Å²) in [6, 6.07) is 16.5. The van der Waals surface area contributed by atoms with E-state index in [9.17, 15) is 19.8 Å². The minimum atomic E-state index is -1.01. The summed E-state index contributed by atoms with van der Waals surface area (Å²) in [5.74, 6) is -1.19. The molecule has 1 heterocycles. The maximum absolute atomic E-state index is 13.3. The van der Waals surface area contributed by atoms with Gasteiger partial charge in [-0.3, -0.25) is 14.5 Å². The molecule has 3 aromatic carbocycles. The molecule has 0 spiro atoms. The molecule has 1 fully saturated rings. The van der Waals surface area contributed by atoms with Crippen molar-refractivity contribution in [2.75, 3.05) is 12.0 Å². The molecule has 35 heavy (non-hydrogen) atoms. The van der Waals surface area contributed by atoms with E-state index in [4.69, 9.17) is 21.1 Å². The first-order chi connectivity index (χ1) is 16.7. The van der Waals surface area contributed by atoms with E-state index in [1.54, 1.807) is 48.5 Å². The van der Waals surface area contributed by atoms with E-state index in [2.05, 4.69) is 0 Å². The molecule has 1 aliphatic heterocycles. The fourth-order valence-corrected chi connectivity index (χ4v) is 4.31. The number of halogens is 1. The standard InChI is InChI=1S/C27H24ClNO6/c1-15(2)35-20-9-5-7-17(13-20)25(31)23-24(16-6-4-8-19(30)12-16)29(27(33)26(23)32)18-10-11-22(34-3)21(28)14-18/h4-15,24,30-31H,1-3H3/b25-23+. The van der Waals surface area contributed by atoms with Crippen LogP contribution < -0.4 is 14.4 Å². The van der Waals surface area contributed by atoms with Gasteiger partial charge in [0, 0.05) is 11.3 Å². The maximum Gasteiger partial charge on any atom is 0.300 e. The highest BCUT2D eigenvalue weighted by Crippen LogP contribution is 2.44. The molecule has 1 saturated heterocycles. The van der Waals surface area contributed by atoms with Gasteiger partial charge < -0.3 is 19.7 Å². The zero-order valence-corrected chi connectivity index (χ0v) is 20.1. The van der Waals surface area contributed by atoms with Crippen molar-refractivity contribution in [2.24, 2.45) is 0 Å². The van der Waals surface area contributed by atoms with Crippen LogP contribution in [0.3, 0.4) is 0 Å². The number of methoxy groups -OCH3 is 1. The molecule has 180 valence electrons. The zero-order valence-electron chi connectivity index (χ0n) is 19.4. The van der Waals surface area contributed by atoms with Crippen LogP contribution in [0.4, 0.5) is 5.69 Å². The van der Waals surface area contributed by atoms with Crippen LogP contribution in [0.25, 0.3) is 5.76 Å². The van der Waals surface area contributed by atoms with Crippen LogP contribution in [0.5, 0.6) is 17.2 Å². The number of benzene rings is 3. The number of aliphatic hydroxyl groups is 1. The predicted octanol–water partition coefficient (Wildman–Crippen LogP) is 5.47. The smallest absolute Gasteiger partial charge is 0.300 e. The van der Waals surface area contributed by atoms with Gasteiger partial charge in [-0.05, 0) is 61.9 Å². The van der Waals surface area contributed by atoms with Gasteiger partial charge in [-0.15, -0.1) is 0 Å². The van der Waals surface area contributed by atoms with Crippen molar-refractivity contribution < 1.29 is 29.3 Å². The van der Waals surface area contributed by atoms with E-state index < -0.39 is 17.7 Å². The average molecular weight is 494 g/mol. The van der Waals surface area contributed by atoms with E-state index in [-0.39, 0.29) is 28.2 Å². The number of anilines is 1. The Kier molecular flexibility index (Phi) is 6.71. The fraction of sp³-hybridized carbons (Fsp3) is 0.185. The molecule has 0 radical (unpaired) electrons. The second kappa shape index (κ2) is 9.72. The van der Waals surface area contributed by atoms with Gasteiger partial charge in [-0.25, -0.2) is 0 Å². The second-order valence-electron chi connectivity index (χ2n) is 8.28. The van der Waals surface area contributed by atoms with Crippen LogP contribution in [0.1, 0.15) is 31.0 Å². The number of phenols is 1. The molecule has 7 nitrogen and oxygen atoms in total. The van der Waals surface area contributed by atoms with Crippen LogP contribution in [0.2, 0.25) is 5.02 Å². The highest BCUT2D eigenvalue weighted by molar-refractivity contribution is 6.51. The van der Waals surface area contributed by atoms with Gasteiger partial charge in [0.1, 0.15) is 23.0 Å². The van der Waals surface area contributed by atoms with Crippen molar-refractivity contribution in [1.82, 2.24) is 0 Å². The number of carbonyl (C=O) groups excluding carboxylic acids is 2. The minimum Gasteiger partial charge on any atom is -0.508 e. The van der Waals surface area contributed by atoms with Crippen LogP contribution in [0, 0.1) is 0 Å². The summed E-state index contributed by atoms with van der Waals surface area (Å²) in [6.45, 7) is 3.75. The number of aliphatic hydroxyl groups excluding tert-OH is 1. The first kappa shape index (κ1) is 24.2. The quantitative estimate of drug-likeness (QED) is 0.268. The SMILES string of the molecule is COc1ccc(N2C(=O)C(=O)/C(=C(/O)c3cccc(OC(C)C)c3)C2c2cccc(O)c2)cc1Cl. The molecule has 0 bridgehead atoms. The molecule has 1 aliphatic rings. The number of phenolic OH excluding ortho intramolecular Hbond substituents is 1. The third-order valence-electron chi connectivity index (χ3n) is 5.52. The topological polar surface area (TPSA) is 96.3 Å². The normalized spacial score (nSPS) is 17.2. The van der Waals surface area contributed by atoms with Crippen molar-refractivity contribution in [3.8, 4) is 17.2 Å². The predicted molar refractivity (Wildman–Crippen MR) is 133 cm³/mol. The summed E-state index contributed by atoms with van der Waals surface area (Å²) in [6.07, 6.45) is -0.0925. The third-order valence-corrected chi connectivity index (χ3v) is 5.82. The van der Waals surface area contributed by atoms with Crippen LogP contribution in [0.15, 0.2) is 72.3 Å². The summed E-state index contributed by atoms with van der Waals surface area (Å²) in [7, 11) is 1.47. The van der Waals surface area contributed by atoms with Crippen molar-refractivity contribution in [3.63, 3.8) is 0 Å². The monoisotopic (exact) mass is 493 g/mol. The lowest BCUT2D eigenvalue weighted by Gasteiger charge is -2.26. The average Bonchev–Trinajstić information content (AvgIpc) is 3.09. The third kappa shape index (κ3) is 4.68. The summed E-state index contributed by atoms with van der Waals surface area (Å²) >= 11 is 6.30. The largest absolute Gasteiger partial charge is 0.508 e. The molecule has 1 amide bonds. The lowest BCUT2D eigenvalue weighted by molar-refractivity contribution is -0.132. The van der Waals surface area contributed by atoms with Gasteiger partial charge in [0.2, 0.25) is 0 Å². The molecule has 0 saturated carbocycles. The van der Waals surface area contributed by atoms with Crippen LogP contribution in [-0.4, -0.2) is 35.1 Å². The molecule has 0 aliphatic carbocycles. The van der Waals surface area contributed by atoms with Crippen molar-refractivity contribution in [3.05, 3.63) is 88.5 Å². The molecular formula is C27H24ClNO6. The van der Waals surface area contributed by atoms with Crippen LogP contribution in [-0.2, 0) is 9.59 Å². The number of ketones is 1. The van der Waals surface area contributed by atoms with Gasteiger partial charge >= 0.3 is 0 Å². The number of Topliss-reactive ketones (excluding diaryl/α,β-unsaturated/α-hetero) is 1. The Morgan fingerprint density at radius 3 is 2.43 bits per heavy atom. The summed E-state index contributed by atoms with van der Waals surface area (Å²) in [5, 5.41) is 21.7. The van der Waals surface area contributed by atoms with Gasteiger partial charge in [0.15, 0.2) is 0 Å². The van der Waals surface area contributed by atoms with Gasteiger partial charge in [0.25, 0.3) is 11.7 Å². The lowest BCUT2D eigenvalue weighted by atomic mass is 9.95. The first-order valence-electron chi connectivity index (χ1n) is 10.9. The van der Waals surface area contributed by atoms with E-state index >= 15 is 0 Å². The number of aromatic hydroxyl groups is 1. The molecule has 3 aromatic rings. The summed E-state index contributed by atoms with van der Waals surface area (Å²) in [4.78, 5) is 27.8. The Balaban J connectivity index is 1.91. The number of ether oxygens (including phenoxy) is 2. The Morgan fingerprint density at radius 1 is 1.03 bits per heavy atom. The van der Waals surface area contributed by atoms with Gasteiger partial charge in [0.05, 0.1) is 29.9 Å². The molecule has 2 N–H and O–H groups in total. The summed E-state index contributed by atoms with van der Waals surface area (Å²) < 4.78 is 10.9. The van der Waals surface area contributed by atoms with Crippen molar-refractivity contribution in [1.29, 1.82) is 0 Å². The van der Waals surface area contributed by atoms with E-state index in [0.29, 0.717) is 28.3 Å². The molecule has 1 unspecified atom stereocenters. The van der Waals surface area contributed by atoms with Crippen molar-refractivity contribution >= 4 is 34.7 Å². The first-order valence-corrected chi connectivity index (χ1v) is 11.3. The Labute approximate surface area is 207 Å². The molecule has 1 atom stereocenters. The van der Waals surface area contributed by atoms with E-state index in [1.165, 1.54) is 30.2 Å². The Morgan fingerprint density at radius 2 is 1.77 bits per heavy atom. The summed E-state index contributed by atoms with van der Waals surface area (Å²) in [5.41, 5.74) is 0.975. The van der Waals surface area contributed by atoms with Crippen LogP contribution >= 0.6 is 11.6 Å². The zero-order chi connectivity index (χ0) is 25.3. The lowest BCUT2D eigenvalue weighted by Crippen LogP contribution is -2.29. The molecule has 8 heteroatoms. The fourth-order valence-electron chi connectivity index (χ4n) is 4.06. The number of amides is 1. The number of nitrogens with zero attached hydrogens (tertiary/aromatic N) is 1. The number of carbonyl (C=O) groups is 2. The Hall–Kier alpha value is -3.97. The highest BCUT2D eigenvalue weighted by atomic mass is 35.5. The van der Waals surface area contributed by atoms with Gasteiger partial charge in [-0.1, -0.05) is 35.9 Å². The molecule has 4 rings (SSSR count). The van der Waals surface area contributed by atoms with E-state index in [1.807, 2.05) is 13.8 Å². The van der Waals surface area contributed by atoms with E-state index in [0.717, 1.165) is 0 Å². The van der Waals surface area contributed by atoms with Crippen molar-refractivity contribution in [2.45, 2.75) is 26.0 Å². The number of hydrogen-bond donors (Lipinski definition) is 2. The molecule has 0 aromatic heterocycles. The second-order valence-corrected chi connectivity index (χ2v) is 8.68. The minimum absolute atomic E-state index is 0.0480.